The Labute approximate surface area is 242 Å². The van der Waals surface area contributed by atoms with Crippen LogP contribution in [0.5, 0.6) is 0 Å². The number of carbonyl (C=O) groups excluding carboxylic acids is 3. The number of H-pyrrole nitrogens is 2. The van der Waals surface area contributed by atoms with Gasteiger partial charge < -0.3 is 31.3 Å². The van der Waals surface area contributed by atoms with Gasteiger partial charge in [0.15, 0.2) is 6.04 Å². The van der Waals surface area contributed by atoms with Crippen LogP contribution in [0.1, 0.15) is 16.7 Å². The first-order valence-corrected chi connectivity index (χ1v) is 13.7. The second kappa shape index (κ2) is 12.8. The average molecular weight is 568 g/mol. The van der Waals surface area contributed by atoms with Crippen LogP contribution < -0.4 is 11.5 Å². The Bertz CT molecular complexity index is 1600. The quantitative estimate of drug-likeness (QED) is 0.153. The first-order valence-electron chi connectivity index (χ1n) is 13.7. The van der Waals surface area contributed by atoms with Crippen molar-refractivity contribution in [3.8, 4) is 0 Å². The molecule has 3 atom stereocenters. The number of benzene rings is 3. The van der Waals surface area contributed by atoms with E-state index in [0.29, 0.717) is 10.5 Å². The lowest BCUT2D eigenvalue weighted by Crippen LogP contribution is -2.60. The van der Waals surface area contributed by atoms with E-state index in [4.69, 9.17) is 16.2 Å². The molecule has 0 unspecified atom stereocenters. The van der Waals surface area contributed by atoms with Gasteiger partial charge in [-0.05, 0) is 41.7 Å². The highest BCUT2D eigenvalue weighted by Gasteiger charge is 2.40. The fourth-order valence-electron chi connectivity index (χ4n) is 5.11. The number of nitrogens with one attached hydrogen (secondary N) is 2. The predicted molar refractivity (Wildman–Crippen MR) is 159 cm³/mol. The number of nitrogens with two attached hydrogens (primary N) is 2. The van der Waals surface area contributed by atoms with Crippen molar-refractivity contribution in [3.05, 3.63) is 108 Å². The third kappa shape index (κ3) is 6.10. The van der Waals surface area contributed by atoms with Crippen molar-refractivity contribution in [2.75, 3.05) is 6.61 Å². The highest BCUT2D eigenvalue weighted by Crippen LogP contribution is 2.22. The molecule has 0 spiro atoms. The molecule has 0 bridgehead atoms. The van der Waals surface area contributed by atoms with Gasteiger partial charge in [0.1, 0.15) is 6.61 Å². The number of hydrogen-bond donors (Lipinski definition) is 5. The van der Waals surface area contributed by atoms with Crippen LogP contribution in [-0.2, 0) is 38.6 Å². The summed E-state index contributed by atoms with van der Waals surface area (Å²) in [6, 6.07) is 20.0. The van der Waals surface area contributed by atoms with Crippen molar-refractivity contribution in [2.24, 2.45) is 11.5 Å². The summed E-state index contributed by atoms with van der Waals surface area (Å²) in [6.45, 7) is -0.958. The normalized spacial score (nSPS) is 13.5. The maximum absolute atomic E-state index is 13.8. The van der Waals surface area contributed by atoms with Crippen LogP contribution >= 0.6 is 0 Å². The lowest BCUT2D eigenvalue weighted by molar-refractivity contribution is -0.165. The van der Waals surface area contributed by atoms with E-state index >= 15 is 0 Å². The van der Waals surface area contributed by atoms with E-state index in [2.05, 4.69) is 9.97 Å². The van der Waals surface area contributed by atoms with Crippen molar-refractivity contribution in [3.63, 3.8) is 0 Å². The Kier molecular flexibility index (Phi) is 8.77. The second-order valence-electron chi connectivity index (χ2n) is 10.2. The molecule has 0 aliphatic rings. The summed E-state index contributed by atoms with van der Waals surface area (Å²) >= 11 is 0. The lowest BCUT2D eigenvalue weighted by Gasteiger charge is -2.31. The maximum Gasteiger partial charge on any atom is 0.332 e. The van der Waals surface area contributed by atoms with Crippen LogP contribution in [0.2, 0.25) is 0 Å². The molecule has 0 saturated heterocycles. The number of nitrogens with zero attached hydrogens (tertiary/aromatic N) is 1. The minimum atomic E-state index is -1.63. The zero-order chi connectivity index (χ0) is 29.6. The zero-order valence-corrected chi connectivity index (χ0v) is 22.9. The van der Waals surface area contributed by atoms with Gasteiger partial charge >= 0.3 is 5.97 Å². The molecule has 0 aliphatic carbocycles. The van der Waals surface area contributed by atoms with Gasteiger partial charge in [-0.1, -0.05) is 66.7 Å². The lowest BCUT2D eigenvalue weighted by atomic mass is 10.0. The number of amides is 2. The van der Waals surface area contributed by atoms with Crippen molar-refractivity contribution >= 4 is 39.6 Å². The predicted octanol–water partition coefficient (Wildman–Crippen LogP) is 2.55. The fourth-order valence-corrected chi connectivity index (χ4v) is 5.11. The Morgan fingerprint density at radius 3 is 1.71 bits per heavy atom. The molecule has 42 heavy (non-hydrogen) atoms. The third-order valence-electron chi connectivity index (χ3n) is 7.32. The Morgan fingerprint density at radius 1 is 0.738 bits per heavy atom. The van der Waals surface area contributed by atoms with Gasteiger partial charge in [-0.25, -0.2) is 4.79 Å². The summed E-state index contributed by atoms with van der Waals surface area (Å²) in [5.74, 6) is -2.62. The summed E-state index contributed by atoms with van der Waals surface area (Å²) < 4.78 is 5.41. The monoisotopic (exact) mass is 567 g/mol. The summed E-state index contributed by atoms with van der Waals surface area (Å²) in [5.41, 5.74) is 16.7. The Hall–Kier alpha value is -4.77. The van der Waals surface area contributed by atoms with Gasteiger partial charge in [-0.3, -0.25) is 14.5 Å². The van der Waals surface area contributed by atoms with Crippen LogP contribution in [0.15, 0.2) is 91.3 Å². The molecule has 5 aromatic rings. The highest BCUT2D eigenvalue weighted by atomic mass is 16.5. The van der Waals surface area contributed by atoms with Crippen LogP contribution in [0.25, 0.3) is 21.8 Å². The molecule has 2 amide bonds. The van der Waals surface area contributed by atoms with E-state index in [1.54, 1.807) is 36.7 Å². The van der Waals surface area contributed by atoms with Gasteiger partial charge in [0.05, 0.1) is 18.7 Å². The first-order chi connectivity index (χ1) is 20.4. The molecule has 0 fully saturated rings. The van der Waals surface area contributed by atoms with Gasteiger partial charge in [-0.15, -0.1) is 0 Å². The molecular formula is C32H33N5O5. The number of aromatic nitrogens is 2. The van der Waals surface area contributed by atoms with Crippen LogP contribution in [0.4, 0.5) is 0 Å². The number of aliphatic hydroxyl groups is 1. The smallest absolute Gasteiger partial charge is 0.332 e. The average Bonchev–Trinajstić information content (AvgIpc) is 3.62. The summed E-state index contributed by atoms with van der Waals surface area (Å²) in [7, 11) is 0. The van der Waals surface area contributed by atoms with Crippen LogP contribution in [0.3, 0.4) is 0 Å². The number of aromatic amines is 2. The molecule has 0 saturated carbocycles. The molecule has 10 heteroatoms. The minimum Gasteiger partial charge on any atom is -0.459 e. The van der Waals surface area contributed by atoms with Gasteiger partial charge in [0, 0.05) is 34.2 Å². The molecule has 5 rings (SSSR count). The molecule has 3 aromatic carbocycles. The van der Waals surface area contributed by atoms with E-state index in [1.165, 1.54) is 0 Å². The summed E-state index contributed by atoms with van der Waals surface area (Å²) in [5, 5.41) is 12.1. The van der Waals surface area contributed by atoms with E-state index in [-0.39, 0.29) is 19.4 Å². The van der Waals surface area contributed by atoms with Crippen molar-refractivity contribution in [2.45, 2.75) is 37.6 Å². The number of hydrogen-bond acceptors (Lipinski definition) is 7. The number of carbonyl (C=O) groups is 3. The number of imide groups is 1. The molecule has 0 aliphatic heterocycles. The number of fused-ring (bicyclic) bond motifs is 2. The van der Waals surface area contributed by atoms with Crippen molar-refractivity contribution in [1.82, 2.24) is 14.9 Å². The summed E-state index contributed by atoms with van der Waals surface area (Å²) in [4.78, 5) is 47.8. The molecule has 0 radical (unpaired) electrons. The van der Waals surface area contributed by atoms with Crippen LogP contribution in [0, 0.1) is 0 Å². The van der Waals surface area contributed by atoms with E-state index in [9.17, 15) is 19.5 Å². The number of esters is 1. The largest absolute Gasteiger partial charge is 0.459 e. The third-order valence-corrected chi connectivity index (χ3v) is 7.32. The first kappa shape index (κ1) is 28.7. The summed E-state index contributed by atoms with van der Waals surface area (Å²) in [6.07, 6.45) is 3.68. The van der Waals surface area contributed by atoms with E-state index in [1.807, 2.05) is 54.6 Å². The molecule has 216 valence electrons. The van der Waals surface area contributed by atoms with Crippen molar-refractivity contribution < 1.29 is 24.2 Å². The SMILES string of the molecule is N[C@@H](Cc1c[nH]c2ccccc12)C(=O)N(C(=O)[C@@H](N)Cc1c[nH]c2ccccc12)[C@@H](CO)C(=O)OCc1ccccc1. The number of para-hydroxylation sites is 2. The van der Waals surface area contributed by atoms with Gasteiger partial charge in [0.25, 0.3) is 0 Å². The maximum atomic E-state index is 13.8. The molecular weight excluding hydrogens is 534 g/mol. The molecule has 10 nitrogen and oxygen atoms in total. The topological polar surface area (TPSA) is 168 Å². The van der Waals surface area contributed by atoms with E-state index in [0.717, 1.165) is 32.9 Å². The molecule has 2 aromatic heterocycles. The second-order valence-corrected chi connectivity index (χ2v) is 10.2. The molecule has 2 heterocycles. The van der Waals surface area contributed by atoms with Gasteiger partial charge in [0.2, 0.25) is 11.8 Å². The Morgan fingerprint density at radius 2 is 1.21 bits per heavy atom. The van der Waals surface area contributed by atoms with Gasteiger partial charge in [-0.2, -0.15) is 0 Å². The number of rotatable bonds is 11. The van der Waals surface area contributed by atoms with Crippen LogP contribution in [-0.4, -0.2) is 62.5 Å². The highest BCUT2D eigenvalue weighted by molar-refractivity contribution is 6.04. The fraction of sp³-hybridized carbons (Fsp3) is 0.219. The van der Waals surface area contributed by atoms with Crippen molar-refractivity contribution in [1.29, 1.82) is 0 Å². The minimum absolute atomic E-state index is 0.0848. The Balaban J connectivity index is 1.40. The number of aliphatic hydroxyl groups excluding tert-OH is 1. The standard InChI is InChI=1S/C32H33N5O5/c33-25(14-21-16-35-27-12-6-4-10-23(21)27)30(39)37(29(18-38)32(41)42-19-20-8-2-1-3-9-20)31(40)26(34)15-22-17-36-28-13-7-5-11-24(22)28/h1-13,16-17,25-26,29,35-36,38H,14-15,18-19,33-34H2/t25-,26-,29-/m0/s1. The zero-order valence-electron chi connectivity index (χ0n) is 22.9. The molecule has 7 N–H and O–H groups in total. The number of ether oxygens (including phenoxy) is 1. The van der Waals surface area contributed by atoms with E-state index < -0.39 is 42.5 Å².